The summed E-state index contributed by atoms with van der Waals surface area (Å²) in [6, 6.07) is 26.0. The first-order chi connectivity index (χ1) is 19.5. The molecule has 0 aliphatic carbocycles. The first-order valence-electron chi connectivity index (χ1n) is 13.6. The Bertz CT molecular complexity index is 1650. The van der Waals surface area contributed by atoms with E-state index in [0.717, 1.165) is 34.7 Å². The van der Waals surface area contributed by atoms with Crippen LogP contribution in [-0.4, -0.2) is 41.5 Å². The molecule has 8 nitrogen and oxygen atoms in total. The number of rotatable bonds is 6. The number of nitrogens with one attached hydrogen (secondary N) is 1. The Morgan fingerprint density at radius 2 is 1.82 bits per heavy atom. The summed E-state index contributed by atoms with van der Waals surface area (Å²) in [6.45, 7) is 0.991. The number of carbonyl (C=O) groups is 1. The zero-order valence-electron chi connectivity index (χ0n) is 22.1. The molecule has 0 radical (unpaired) electrons. The second-order valence-electron chi connectivity index (χ2n) is 10.8. The Balaban J connectivity index is 1.26. The summed E-state index contributed by atoms with van der Waals surface area (Å²) in [7, 11) is 1.58. The van der Waals surface area contributed by atoms with Crippen LogP contribution in [0, 0.1) is 10.1 Å². The molecule has 2 saturated heterocycles. The number of methoxy groups -OCH3 is 1. The minimum Gasteiger partial charge on any atom is -0.493 e. The third kappa shape index (κ3) is 3.45. The SMILES string of the molecule is COc1cc([C@H]2[C@H]([N+](=O)[O-])[C@]3(C(=O)Nc4ccccc43)N3CCC[C@@H]23)ccc1OCc1cccc2ccccc12. The number of amides is 1. The van der Waals surface area contributed by atoms with Gasteiger partial charge in [-0.25, -0.2) is 0 Å². The zero-order valence-corrected chi connectivity index (χ0v) is 22.1. The zero-order chi connectivity index (χ0) is 27.4. The molecule has 3 aliphatic heterocycles. The number of hydrogen-bond donors (Lipinski definition) is 1. The van der Waals surface area contributed by atoms with Crippen molar-refractivity contribution in [2.75, 3.05) is 19.0 Å². The Hall–Kier alpha value is -4.43. The summed E-state index contributed by atoms with van der Waals surface area (Å²) in [6.07, 6.45) is 1.67. The first kappa shape index (κ1) is 24.6. The van der Waals surface area contributed by atoms with Gasteiger partial charge in [-0.2, -0.15) is 0 Å². The quantitative estimate of drug-likeness (QED) is 0.260. The predicted octanol–water partition coefficient (Wildman–Crippen LogP) is 5.48. The second-order valence-corrected chi connectivity index (χ2v) is 10.8. The number of ether oxygens (including phenoxy) is 2. The summed E-state index contributed by atoms with van der Waals surface area (Å²) in [4.78, 5) is 28.4. The van der Waals surface area contributed by atoms with Crippen LogP contribution in [0.2, 0.25) is 0 Å². The molecular weight excluding hydrogens is 506 g/mol. The Labute approximate surface area is 231 Å². The molecule has 1 N–H and O–H groups in total. The van der Waals surface area contributed by atoms with Crippen LogP contribution in [0.15, 0.2) is 84.9 Å². The van der Waals surface area contributed by atoms with Gasteiger partial charge in [0.1, 0.15) is 6.61 Å². The lowest BCUT2D eigenvalue weighted by Gasteiger charge is -2.32. The molecule has 0 bridgehead atoms. The van der Waals surface area contributed by atoms with E-state index in [1.54, 1.807) is 7.11 Å². The van der Waals surface area contributed by atoms with E-state index in [2.05, 4.69) is 28.4 Å². The van der Waals surface area contributed by atoms with E-state index in [-0.39, 0.29) is 16.9 Å². The molecule has 4 atom stereocenters. The van der Waals surface area contributed by atoms with Crippen LogP contribution in [0.1, 0.15) is 35.4 Å². The number of para-hydroxylation sites is 1. The molecule has 0 saturated carbocycles. The van der Waals surface area contributed by atoms with E-state index in [1.165, 1.54) is 0 Å². The monoisotopic (exact) mass is 535 g/mol. The van der Waals surface area contributed by atoms with Crippen molar-refractivity contribution in [3.8, 4) is 11.5 Å². The molecule has 0 aromatic heterocycles. The van der Waals surface area contributed by atoms with E-state index in [4.69, 9.17) is 9.47 Å². The van der Waals surface area contributed by atoms with Crippen LogP contribution in [0.3, 0.4) is 0 Å². The van der Waals surface area contributed by atoms with Crippen molar-refractivity contribution in [1.82, 2.24) is 4.90 Å². The fraction of sp³-hybridized carbons (Fsp3) is 0.281. The molecule has 7 rings (SSSR count). The molecule has 8 heteroatoms. The van der Waals surface area contributed by atoms with E-state index >= 15 is 0 Å². The Morgan fingerprint density at radius 1 is 1.02 bits per heavy atom. The van der Waals surface area contributed by atoms with Gasteiger partial charge in [-0.1, -0.05) is 66.7 Å². The van der Waals surface area contributed by atoms with Crippen LogP contribution < -0.4 is 14.8 Å². The van der Waals surface area contributed by atoms with E-state index < -0.39 is 17.5 Å². The molecule has 4 aromatic carbocycles. The standard InChI is InChI=1S/C32H29N3O5/c1-39-28-18-21(15-16-27(28)40-19-22-10-6-9-20-8-2-3-11-23(20)22)29-26-14-7-17-34(26)32(30(29)35(37)38)24-12-4-5-13-25(24)33-31(32)36/h2-6,8-13,15-16,18,26,29-30H,7,14,17,19H2,1H3,(H,33,36)/t26-,29+,30-,32+/m0/s1. The minimum atomic E-state index is -1.34. The van der Waals surface area contributed by atoms with E-state index in [1.807, 2.05) is 66.7 Å². The molecule has 0 unspecified atom stereocenters. The molecule has 1 spiro atoms. The summed E-state index contributed by atoms with van der Waals surface area (Å²) in [5, 5.41) is 18.1. The molecule has 1 amide bonds. The van der Waals surface area contributed by atoms with Crippen molar-refractivity contribution in [1.29, 1.82) is 0 Å². The number of fused-ring (bicyclic) bond motifs is 5. The Kier molecular flexibility index (Phi) is 5.75. The number of benzene rings is 4. The van der Waals surface area contributed by atoms with Gasteiger partial charge in [0.15, 0.2) is 17.0 Å². The smallest absolute Gasteiger partial charge is 0.256 e. The average molecular weight is 536 g/mol. The van der Waals surface area contributed by atoms with Gasteiger partial charge in [0, 0.05) is 28.8 Å². The maximum atomic E-state index is 13.7. The summed E-state index contributed by atoms with van der Waals surface area (Å²) in [5.74, 6) is 0.278. The van der Waals surface area contributed by atoms with Crippen molar-refractivity contribution in [2.45, 2.75) is 43.0 Å². The molecule has 3 aliphatic rings. The normalized spacial score (nSPS) is 25.1. The van der Waals surface area contributed by atoms with E-state index in [9.17, 15) is 14.9 Å². The average Bonchev–Trinajstić information content (AvgIpc) is 3.64. The molecule has 2 fully saturated rings. The summed E-state index contributed by atoms with van der Waals surface area (Å²) < 4.78 is 12.0. The third-order valence-corrected chi connectivity index (χ3v) is 8.93. The predicted molar refractivity (Wildman–Crippen MR) is 151 cm³/mol. The van der Waals surface area contributed by atoms with Crippen molar-refractivity contribution in [3.05, 3.63) is 112 Å². The number of anilines is 1. The highest BCUT2D eigenvalue weighted by Crippen LogP contribution is 2.58. The lowest BCUT2D eigenvalue weighted by atomic mass is 9.77. The minimum absolute atomic E-state index is 0.139. The highest BCUT2D eigenvalue weighted by atomic mass is 16.6. The van der Waals surface area contributed by atoms with Gasteiger partial charge in [-0.05, 0) is 52.9 Å². The van der Waals surface area contributed by atoms with E-state index in [0.29, 0.717) is 35.9 Å². The van der Waals surface area contributed by atoms with Crippen molar-refractivity contribution < 1.29 is 19.2 Å². The number of carbonyl (C=O) groups excluding carboxylic acids is 1. The Morgan fingerprint density at radius 3 is 2.67 bits per heavy atom. The lowest BCUT2D eigenvalue weighted by Crippen LogP contribution is -2.55. The fourth-order valence-electron chi connectivity index (χ4n) is 7.36. The lowest BCUT2D eigenvalue weighted by molar-refractivity contribution is -0.534. The van der Waals surface area contributed by atoms with Crippen molar-refractivity contribution >= 4 is 22.4 Å². The molecule has 3 heterocycles. The van der Waals surface area contributed by atoms with Gasteiger partial charge in [-0.3, -0.25) is 19.8 Å². The van der Waals surface area contributed by atoms with Gasteiger partial charge >= 0.3 is 0 Å². The van der Waals surface area contributed by atoms with Gasteiger partial charge < -0.3 is 14.8 Å². The van der Waals surface area contributed by atoms with Crippen LogP contribution >= 0.6 is 0 Å². The molecule has 4 aromatic rings. The first-order valence-corrected chi connectivity index (χ1v) is 13.6. The van der Waals surface area contributed by atoms with Crippen molar-refractivity contribution in [2.24, 2.45) is 0 Å². The highest BCUT2D eigenvalue weighted by Gasteiger charge is 2.73. The second kappa shape index (κ2) is 9.34. The number of hydrogen-bond acceptors (Lipinski definition) is 6. The topological polar surface area (TPSA) is 93.9 Å². The van der Waals surface area contributed by atoms with Gasteiger partial charge in [0.25, 0.3) is 11.9 Å². The van der Waals surface area contributed by atoms with Gasteiger partial charge in [-0.15, -0.1) is 0 Å². The van der Waals surface area contributed by atoms with Crippen LogP contribution in [-0.2, 0) is 16.9 Å². The summed E-state index contributed by atoms with van der Waals surface area (Å²) >= 11 is 0. The largest absolute Gasteiger partial charge is 0.493 e. The highest BCUT2D eigenvalue weighted by molar-refractivity contribution is 6.07. The van der Waals surface area contributed by atoms with Crippen molar-refractivity contribution in [3.63, 3.8) is 0 Å². The number of nitrogens with zero attached hydrogens (tertiary/aromatic N) is 2. The van der Waals surface area contributed by atoms with Gasteiger partial charge in [0.2, 0.25) is 0 Å². The summed E-state index contributed by atoms with van der Waals surface area (Å²) in [5.41, 5.74) is 1.84. The third-order valence-electron chi connectivity index (χ3n) is 8.93. The number of nitro groups is 1. The maximum absolute atomic E-state index is 13.7. The van der Waals surface area contributed by atoms with Crippen LogP contribution in [0.25, 0.3) is 10.8 Å². The molecule has 202 valence electrons. The van der Waals surface area contributed by atoms with Gasteiger partial charge in [0.05, 0.1) is 13.0 Å². The maximum Gasteiger partial charge on any atom is 0.256 e. The van der Waals surface area contributed by atoms with Crippen LogP contribution in [0.4, 0.5) is 5.69 Å². The molecule has 40 heavy (non-hydrogen) atoms. The fourth-order valence-corrected chi connectivity index (χ4v) is 7.36. The van der Waals surface area contributed by atoms with Crippen LogP contribution in [0.5, 0.6) is 11.5 Å². The molecular formula is C32H29N3O5.